The van der Waals surface area contributed by atoms with E-state index in [0.29, 0.717) is 18.5 Å². The zero-order valence-electron chi connectivity index (χ0n) is 13.5. The maximum absolute atomic E-state index is 5.14. The molecular weight excluding hydrogens is 254 g/mol. The lowest BCUT2D eigenvalue weighted by Crippen LogP contribution is -2.40. The zero-order valence-corrected chi connectivity index (χ0v) is 13.5. The molecule has 0 fully saturated rings. The average Bonchev–Trinajstić information content (AvgIpc) is 2.38. The number of hydrogen-bond donors (Lipinski definition) is 1. The van der Waals surface area contributed by atoms with Crippen molar-refractivity contribution >= 4 is 11.6 Å². The molecule has 0 spiro atoms. The third-order valence-corrected chi connectivity index (χ3v) is 3.08. The Bertz CT molecular complexity index is 411. The summed E-state index contributed by atoms with van der Waals surface area (Å²) in [5.41, 5.74) is 0. The summed E-state index contributed by atoms with van der Waals surface area (Å²) in [6.07, 6.45) is 0. The molecule has 1 rings (SSSR count). The summed E-state index contributed by atoms with van der Waals surface area (Å²) in [6.45, 7) is 6.65. The molecule has 6 nitrogen and oxygen atoms in total. The number of likely N-dealkylation sites (N-methyl/N-ethyl adjacent to an activating group) is 2. The second-order valence-corrected chi connectivity index (χ2v) is 5.11. The molecule has 0 saturated heterocycles. The highest BCUT2D eigenvalue weighted by Crippen LogP contribution is 2.18. The molecule has 0 saturated carbocycles. The van der Waals surface area contributed by atoms with Gasteiger partial charge in [0.25, 0.3) is 0 Å². The molecule has 6 heteroatoms. The van der Waals surface area contributed by atoms with E-state index in [4.69, 9.17) is 4.74 Å². The summed E-state index contributed by atoms with van der Waals surface area (Å²) in [5, 5.41) is 3.08. The summed E-state index contributed by atoms with van der Waals surface area (Å²) in [5.74, 6) is 2.45. The maximum atomic E-state index is 5.14. The Hall–Kier alpha value is -1.40. The summed E-state index contributed by atoms with van der Waals surface area (Å²) >= 11 is 0. The van der Waals surface area contributed by atoms with Crippen LogP contribution in [0.1, 0.15) is 19.7 Å². The number of nitrogens with one attached hydrogen (secondary N) is 1. The number of rotatable bonds is 8. The van der Waals surface area contributed by atoms with Crippen LogP contribution in [-0.4, -0.2) is 62.3 Å². The minimum atomic E-state index is 0.380. The lowest BCUT2D eigenvalue weighted by molar-refractivity contribution is 0.178. The monoisotopic (exact) mass is 281 g/mol. The Labute approximate surface area is 122 Å². The van der Waals surface area contributed by atoms with E-state index in [-0.39, 0.29) is 0 Å². The van der Waals surface area contributed by atoms with Gasteiger partial charge in [-0.2, -0.15) is 0 Å². The molecule has 1 N–H and O–H groups in total. The van der Waals surface area contributed by atoms with Crippen LogP contribution in [0, 0.1) is 0 Å². The molecule has 1 atom stereocenters. The lowest BCUT2D eigenvalue weighted by atomic mass is 10.2. The van der Waals surface area contributed by atoms with Gasteiger partial charge in [-0.15, -0.1) is 0 Å². The minimum Gasteiger partial charge on any atom is -0.377 e. The van der Waals surface area contributed by atoms with Gasteiger partial charge in [-0.1, -0.05) is 0 Å². The van der Waals surface area contributed by atoms with Crippen LogP contribution in [0.2, 0.25) is 0 Å². The van der Waals surface area contributed by atoms with Gasteiger partial charge >= 0.3 is 0 Å². The Morgan fingerprint density at radius 1 is 1.35 bits per heavy atom. The molecule has 0 bridgehead atoms. The highest BCUT2D eigenvalue weighted by molar-refractivity contribution is 5.49. The van der Waals surface area contributed by atoms with E-state index in [1.54, 1.807) is 7.11 Å². The van der Waals surface area contributed by atoms with Crippen molar-refractivity contribution in [2.45, 2.75) is 26.5 Å². The number of nitrogens with zero attached hydrogens (tertiary/aromatic N) is 4. The molecule has 0 aliphatic carbocycles. The van der Waals surface area contributed by atoms with Crippen molar-refractivity contribution < 1.29 is 4.74 Å². The molecule has 0 aliphatic rings. The third-order valence-electron chi connectivity index (χ3n) is 3.08. The van der Waals surface area contributed by atoms with Crippen LogP contribution >= 0.6 is 0 Å². The Morgan fingerprint density at radius 2 is 2.05 bits per heavy atom. The first-order valence-corrected chi connectivity index (χ1v) is 6.97. The van der Waals surface area contributed by atoms with Crippen LogP contribution in [0.5, 0.6) is 0 Å². The first-order valence-electron chi connectivity index (χ1n) is 6.97. The molecule has 1 aromatic rings. The lowest BCUT2D eigenvalue weighted by Gasteiger charge is -2.31. The fourth-order valence-electron chi connectivity index (χ4n) is 2.28. The summed E-state index contributed by atoms with van der Waals surface area (Å²) in [4.78, 5) is 13.5. The fourth-order valence-corrected chi connectivity index (χ4v) is 2.28. The molecule has 1 unspecified atom stereocenters. The Kier molecular flexibility index (Phi) is 6.67. The smallest absolute Gasteiger partial charge is 0.158 e. The predicted octanol–water partition coefficient (Wildman–Crippen LogP) is 1.44. The highest BCUT2D eigenvalue weighted by Gasteiger charge is 2.16. The van der Waals surface area contributed by atoms with Crippen molar-refractivity contribution in [3.63, 3.8) is 0 Å². The number of hydrogen-bond acceptors (Lipinski definition) is 6. The van der Waals surface area contributed by atoms with Gasteiger partial charge < -0.3 is 19.9 Å². The van der Waals surface area contributed by atoms with Gasteiger partial charge in [-0.25, -0.2) is 9.97 Å². The van der Waals surface area contributed by atoms with Crippen molar-refractivity contribution in [3.05, 3.63) is 11.9 Å². The number of aromatic nitrogens is 2. The van der Waals surface area contributed by atoms with Crippen molar-refractivity contribution in [3.8, 4) is 0 Å². The third kappa shape index (κ3) is 4.61. The average molecular weight is 281 g/mol. The molecule has 0 aromatic carbocycles. The quantitative estimate of drug-likeness (QED) is 0.778. The Morgan fingerprint density at radius 3 is 2.55 bits per heavy atom. The standard InChI is InChI=1S/C14H27N5O/c1-7-19(11(2)9-18(4)5)14-8-12(15-3)16-13(17-14)10-20-6/h8,11H,7,9-10H2,1-6H3,(H,15,16,17). The van der Waals surface area contributed by atoms with Crippen LogP contribution in [0.3, 0.4) is 0 Å². The highest BCUT2D eigenvalue weighted by atomic mass is 16.5. The van der Waals surface area contributed by atoms with Gasteiger partial charge in [0.1, 0.15) is 18.2 Å². The zero-order chi connectivity index (χ0) is 15.1. The molecule has 0 aliphatic heterocycles. The molecule has 114 valence electrons. The number of methoxy groups -OCH3 is 1. The molecule has 0 radical (unpaired) electrons. The van der Waals surface area contributed by atoms with E-state index in [1.807, 2.05) is 13.1 Å². The molecule has 0 amide bonds. The Balaban J connectivity index is 3.03. The van der Waals surface area contributed by atoms with Gasteiger partial charge in [0, 0.05) is 39.4 Å². The normalized spacial score (nSPS) is 12.6. The second kappa shape index (κ2) is 8.01. The van der Waals surface area contributed by atoms with E-state index >= 15 is 0 Å². The van der Waals surface area contributed by atoms with E-state index in [1.165, 1.54) is 0 Å². The van der Waals surface area contributed by atoms with Crippen molar-refractivity contribution in [1.29, 1.82) is 0 Å². The first kappa shape index (κ1) is 16.7. The summed E-state index contributed by atoms with van der Waals surface area (Å²) < 4.78 is 5.14. The first-order chi connectivity index (χ1) is 9.51. The van der Waals surface area contributed by atoms with Gasteiger partial charge in [-0.05, 0) is 27.9 Å². The van der Waals surface area contributed by atoms with E-state index in [0.717, 1.165) is 24.7 Å². The van der Waals surface area contributed by atoms with E-state index in [2.05, 4.69) is 53.0 Å². The molecule has 20 heavy (non-hydrogen) atoms. The SMILES string of the molecule is CCN(c1cc(NC)nc(COC)n1)C(C)CN(C)C. The van der Waals surface area contributed by atoms with Gasteiger partial charge in [-0.3, -0.25) is 0 Å². The van der Waals surface area contributed by atoms with Gasteiger partial charge in [0.05, 0.1) is 0 Å². The van der Waals surface area contributed by atoms with Crippen molar-refractivity contribution in [2.75, 3.05) is 51.6 Å². The predicted molar refractivity (Wildman–Crippen MR) is 83.3 cm³/mol. The van der Waals surface area contributed by atoms with Crippen LogP contribution in [0.4, 0.5) is 11.6 Å². The maximum Gasteiger partial charge on any atom is 0.158 e. The van der Waals surface area contributed by atoms with Crippen LogP contribution < -0.4 is 10.2 Å². The largest absolute Gasteiger partial charge is 0.377 e. The van der Waals surface area contributed by atoms with Crippen molar-refractivity contribution in [1.82, 2.24) is 14.9 Å². The molecular formula is C14H27N5O. The molecule has 1 heterocycles. The minimum absolute atomic E-state index is 0.380. The molecule has 1 aromatic heterocycles. The summed E-state index contributed by atoms with van der Waals surface area (Å²) in [6, 6.07) is 2.36. The van der Waals surface area contributed by atoms with Gasteiger partial charge in [0.2, 0.25) is 0 Å². The van der Waals surface area contributed by atoms with Crippen molar-refractivity contribution in [2.24, 2.45) is 0 Å². The van der Waals surface area contributed by atoms with Crippen LogP contribution in [-0.2, 0) is 11.3 Å². The topological polar surface area (TPSA) is 53.5 Å². The van der Waals surface area contributed by atoms with Crippen LogP contribution in [0.15, 0.2) is 6.07 Å². The van der Waals surface area contributed by atoms with Crippen LogP contribution in [0.25, 0.3) is 0 Å². The van der Waals surface area contributed by atoms with E-state index in [9.17, 15) is 0 Å². The van der Waals surface area contributed by atoms with E-state index < -0.39 is 0 Å². The fraction of sp³-hybridized carbons (Fsp3) is 0.714. The number of ether oxygens (including phenoxy) is 1. The number of anilines is 2. The summed E-state index contributed by atoms with van der Waals surface area (Å²) in [7, 11) is 7.68. The van der Waals surface area contributed by atoms with Gasteiger partial charge in [0.15, 0.2) is 5.82 Å². The second-order valence-electron chi connectivity index (χ2n) is 5.11.